The van der Waals surface area contributed by atoms with Gasteiger partial charge in [0, 0.05) is 5.69 Å². The number of fused-ring (bicyclic) bond motifs is 1. The SMILES string of the molecule is Cc1ccccc1NC(=O)c1sc2ncn(CC(=O)Nc3ccccc3F)c(=O)c2c1C. The van der Waals surface area contributed by atoms with Gasteiger partial charge in [0.2, 0.25) is 5.91 Å². The summed E-state index contributed by atoms with van der Waals surface area (Å²) in [6, 6.07) is 13.2. The van der Waals surface area contributed by atoms with Crippen LogP contribution in [0, 0.1) is 19.7 Å². The Morgan fingerprint density at radius 3 is 2.44 bits per heavy atom. The summed E-state index contributed by atoms with van der Waals surface area (Å²) in [5.41, 5.74) is 1.69. The third kappa shape index (κ3) is 4.15. The summed E-state index contributed by atoms with van der Waals surface area (Å²) in [6.45, 7) is 3.23. The Balaban J connectivity index is 1.60. The number of halogens is 1. The molecule has 0 radical (unpaired) electrons. The van der Waals surface area contributed by atoms with E-state index in [4.69, 9.17) is 0 Å². The number of anilines is 2. The maximum absolute atomic E-state index is 13.8. The third-order valence-corrected chi connectivity index (χ3v) is 6.18. The molecule has 0 saturated carbocycles. The molecule has 2 aromatic carbocycles. The van der Waals surface area contributed by atoms with E-state index in [-0.39, 0.29) is 23.5 Å². The zero-order chi connectivity index (χ0) is 22.8. The Morgan fingerprint density at radius 2 is 1.72 bits per heavy atom. The van der Waals surface area contributed by atoms with Gasteiger partial charge >= 0.3 is 0 Å². The molecule has 2 N–H and O–H groups in total. The van der Waals surface area contributed by atoms with Crippen LogP contribution in [0.15, 0.2) is 59.7 Å². The van der Waals surface area contributed by atoms with Crippen LogP contribution in [0.3, 0.4) is 0 Å². The van der Waals surface area contributed by atoms with Crippen molar-refractivity contribution in [3.63, 3.8) is 0 Å². The van der Waals surface area contributed by atoms with Gasteiger partial charge in [-0.3, -0.25) is 19.0 Å². The van der Waals surface area contributed by atoms with Crippen molar-refractivity contribution in [2.24, 2.45) is 0 Å². The fraction of sp³-hybridized carbons (Fsp3) is 0.130. The van der Waals surface area contributed by atoms with Gasteiger partial charge in [-0.1, -0.05) is 30.3 Å². The molecule has 162 valence electrons. The second-order valence-electron chi connectivity index (χ2n) is 7.21. The Labute approximate surface area is 186 Å². The standard InChI is InChI=1S/C23H19FN4O3S/c1-13-7-3-5-9-16(13)27-21(30)20-14(2)19-22(32-20)25-12-28(23(19)31)11-18(29)26-17-10-6-4-8-15(17)24/h3-10,12H,11H2,1-2H3,(H,26,29)(H,27,30). The van der Waals surface area contributed by atoms with E-state index in [0.717, 1.165) is 21.5 Å². The van der Waals surface area contributed by atoms with Gasteiger partial charge in [0.05, 0.1) is 22.3 Å². The first-order valence-corrected chi connectivity index (χ1v) is 10.6. The Kier molecular flexibility index (Phi) is 5.83. The lowest BCUT2D eigenvalue weighted by atomic mass is 10.2. The summed E-state index contributed by atoms with van der Waals surface area (Å²) in [4.78, 5) is 43.2. The molecule has 0 bridgehead atoms. The fourth-order valence-electron chi connectivity index (χ4n) is 3.29. The number of hydrogen-bond donors (Lipinski definition) is 2. The van der Waals surface area contributed by atoms with Gasteiger partial charge in [0.15, 0.2) is 0 Å². The molecule has 0 atom stereocenters. The third-order valence-electron chi connectivity index (χ3n) is 4.98. The van der Waals surface area contributed by atoms with Crippen molar-refractivity contribution in [1.29, 1.82) is 0 Å². The number of amides is 2. The molecule has 0 aliphatic heterocycles. The van der Waals surface area contributed by atoms with E-state index in [1.54, 1.807) is 19.1 Å². The van der Waals surface area contributed by atoms with Crippen LogP contribution in [0.1, 0.15) is 20.8 Å². The first-order valence-electron chi connectivity index (χ1n) is 9.75. The maximum atomic E-state index is 13.8. The Hall–Kier alpha value is -3.85. The van der Waals surface area contributed by atoms with Crippen LogP contribution in [0.2, 0.25) is 0 Å². The molecular weight excluding hydrogens is 431 g/mol. The number of para-hydroxylation sites is 2. The molecule has 0 aliphatic rings. The van der Waals surface area contributed by atoms with E-state index in [1.165, 1.54) is 24.5 Å². The first kappa shape index (κ1) is 21.4. The molecule has 0 fully saturated rings. The first-order chi connectivity index (χ1) is 15.3. The van der Waals surface area contributed by atoms with Crippen LogP contribution in [0.5, 0.6) is 0 Å². The molecular formula is C23H19FN4O3S. The molecule has 7 nitrogen and oxygen atoms in total. The molecule has 0 aliphatic carbocycles. The van der Waals surface area contributed by atoms with Crippen LogP contribution in [0.4, 0.5) is 15.8 Å². The minimum atomic E-state index is -0.570. The number of benzene rings is 2. The van der Waals surface area contributed by atoms with Gasteiger partial charge < -0.3 is 10.6 Å². The highest BCUT2D eigenvalue weighted by Crippen LogP contribution is 2.28. The number of carbonyl (C=O) groups is 2. The Morgan fingerprint density at radius 1 is 1.03 bits per heavy atom. The highest BCUT2D eigenvalue weighted by atomic mass is 32.1. The lowest BCUT2D eigenvalue weighted by Gasteiger charge is -2.08. The van der Waals surface area contributed by atoms with Gasteiger partial charge in [-0.2, -0.15) is 0 Å². The summed E-state index contributed by atoms with van der Waals surface area (Å²) in [7, 11) is 0. The van der Waals surface area contributed by atoms with Crippen LogP contribution >= 0.6 is 11.3 Å². The molecule has 2 aromatic heterocycles. The van der Waals surface area contributed by atoms with Crippen LogP contribution in [-0.4, -0.2) is 21.4 Å². The predicted octanol–water partition coefficient (Wildman–Crippen LogP) is 4.10. The van der Waals surface area contributed by atoms with E-state index < -0.39 is 17.3 Å². The molecule has 0 saturated heterocycles. The van der Waals surface area contributed by atoms with Crippen LogP contribution in [0.25, 0.3) is 10.2 Å². The summed E-state index contributed by atoms with van der Waals surface area (Å²) < 4.78 is 14.9. The number of nitrogens with zero attached hydrogens (tertiary/aromatic N) is 2. The minimum Gasteiger partial charge on any atom is -0.322 e. The maximum Gasteiger partial charge on any atom is 0.266 e. The van der Waals surface area contributed by atoms with Gasteiger partial charge in [-0.05, 0) is 43.2 Å². The number of aromatic nitrogens is 2. The summed E-state index contributed by atoms with van der Waals surface area (Å²) in [5.74, 6) is -1.47. The monoisotopic (exact) mass is 450 g/mol. The van der Waals surface area contributed by atoms with Crippen LogP contribution < -0.4 is 16.2 Å². The van der Waals surface area contributed by atoms with Gasteiger partial charge in [0.25, 0.3) is 11.5 Å². The average molecular weight is 450 g/mol. The van der Waals surface area contributed by atoms with E-state index >= 15 is 0 Å². The molecule has 0 unspecified atom stereocenters. The average Bonchev–Trinajstić information content (AvgIpc) is 3.11. The van der Waals surface area contributed by atoms with Crippen molar-refractivity contribution in [3.8, 4) is 0 Å². The number of nitrogens with one attached hydrogen (secondary N) is 2. The van der Waals surface area contributed by atoms with Gasteiger partial charge in [0.1, 0.15) is 17.2 Å². The summed E-state index contributed by atoms with van der Waals surface area (Å²) in [5, 5.41) is 5.59. The number of carbonyl (C=O) groups excluding carboxylic acids is 2. The highest BCUT2D eigenvalue weighted by molar-refractivity contribution is 7.20. The van der Waals surface area contributed by atoms with Crippen molar-refractivity contribution in [3.05, 3.63) is 87.0 Å². The van der Waals surface area contributed by atoms with E-state index in [1.807, 2.05) is 25.1 Å². The molecule has 0 spiro atoms. The van der Waals surface area contributed by atoms with Crippen molar-refractivity contribution in [2.75, 3.05) is 10.6 Å². The smallest absolute Gasteiger partial charge is 0.266 e. The topological polar surface area (TPSA) is 93.1 Å². The van der Waals surface area contributed by atoms with Crippen molar-refractivity contribution in [2.45, 2.75) is 20.4 Å². The van der Waals surface area contributed by atoms with Crippen molar-refractivity contribution >= 4 is 44.7 Å². The van der Waals surface area contributed by atoms with E-state index in [9.17, 15) is 18.8 Å². The zero-order valence-corrected chi connectivity index (χ0v) is 18.1. The molecule has 9 heteroatoms. The Bertz CT molecular complexity index is 1410. The van der Waals surface area contributed by atoms with Crippen molar-refractivity contribution in [1.82, 2.24) is 9.55 Å². The lowest BCUT2D eigenvalue weighted by molar-refractivity contribution is -0.116. The largest absolute Gasteiger partial charge is 0.322 e. The quantitative estimate of drug-likeness (QED) is 0.479. The molecule has 32 heavy (non-hydrogen) atoms. The lowest BCUT2D eigenvalue weighted by Crippen LogP contribution is -2.28. The zero-order valence-electron chi connectivity index (χ0n) is 17.3. The predicted molar refractivity (Wildman–Crippen MR) is 123 cm³/mol. The fourth-order valence-corrected chi connectivity index (χ4v) is 4.32. The van der Waals surface area contributed by atoms with Crippen LogP contribution in [-0.2, 0) is 11.3 Å². The second-order valence-corrected chi connectivity index (χ2v) is 8.21. The number of aryl methyl sites for hydroxylation is 2. The molecule has 4 rings (SSSR count). The molecule has 2 amide bonds. The van der Waals surface area contributed by atoms with E-state index in [2.05, 4.69) is 15.6 Å². The number of thiophene rings is 1. The molecule has 4 aromatic rings. The second kappa shape index (κ2) is 8.72. The highest BCUT2D eigenvalue weighted by Gasteiger charge is 2.20. The minimum absolute atomic E-state index is 0.0291. The molecule has 2 heterocycles. The van der Waals surface area contributed by atoms with Gasteiger partial charge in [-0.15, -0.1) is 11.3 Å². The van der Waals surface area contributed by atoms with Gasteiger partial charge in [-0.25, -0.2) is 9.37 Å². The van der Waals surface area contributed by atoms with Crippen molar-refractivity contribution < 1.29 is 14.0 Å². The van der Waals surface area contributed by atoms with E-state index in [0.29, 0.717) is 21.0 Å². The normalized spacial score (nSPS) is 10.8. The summed E-state index contributed by atoms with van der Waals surface area (Å²) >= 11 is 1.12. The number of rotatable bonds is 5. The summed E-state index contributed by atoms with van der Waals surface area (Å²) in [6.07, 6.45) is 1.25. The number of hydrogen-bond acceptors (Lipinski definition) is 5.